The number of carboxylic acid groups (broad SMARTS) is 1. The number of hydrazone groups is 1. The summed E-state index contributed by atoms with van der Waals surface area (Å²) in [6.07, 6.45) is 1.90. The molecule has 0 fully saturated rings. The lowest BCUT2D eigenvalue weighted by atomic mass is 10.1. The Labute approximate surface area is 92.0 Å². The Hall–Kier alpha value is -2.17. The molecule has 0 bridgehead atoms. The normalized spacial score (nSPS) is 14.5. The fourth-order valence-corrected chi connectivity index (χ4v) is 1.44. The van der Waals surface area contributed by atoms with E-state index in [1.165, 1.54) is 17.1 Å². The Morgan fingerprint density at radius 2 is 2.06 bits per heavy atom. The van der Waals surface area contributed by atoms with E-state index in [1.54, 1.807) is 18.3 Å². The van der Waals surface area contributed by atoms with Gasteiger partial charge in [-0.25, -0.2) is 9.80 Å². The van der Waals surface area contributed by atoms with Crippen LogP contribution in [-0.2, 0) is 11.3 Å². The number of nitrogens with zero attached hydrogens (tertiary/aromatic N) is 2. The molecule has 0 atom stereocenters. The molecule has 1 aliphatic heterocycles. The largest absolute Gasteiger partial charge is 0.478 e. The second-order valence-electron chi connectivity index (χ2n) is 3.46. The first-order valence-corrected chi connectivity index (χ1v) is 4.82. The van der Waals surface area contributed by atoms with E-state index < -0.39 is 5.97 Å². The predicted octanol–water partition coefficient (Wildman–Crippen LogP) is 1.10. The Morgan fingerprint density at radius 1 is 1.38 bits per heavy atom. The number of hydrogen-bond acceptors (Lipinski definition) is 3. The highest BCUT2D eigenvalue weighted by Crippen LogP contribution is 2.11. The molecule has 5 heteroatoms. The van der Waals surface area contributed by atoms with Gasteiger partial charge in [-0.2, -0.15) is 5.10 Å². The van der Waals surface area contributed by atoms with Crippen molar-refractivity contribution in [2.24, 2.45) is 5.10 Å². The van der Waals surface area contributed by atoms with Crippen LogP contribution in [0.1, 0.15) is 22.3 Å². The van der Waals surface area contributed by atoms with Gasteiger partial charge in [0.2, 0.25) is 5.91 Å². The zero-order valence-electron chi connectivity index (χ0n) is 8.46. The third-order valence-electron chi connectivity index (χ3n) is 2.31. The molecular formula is C11H10N2O3. The van der Waals surface area contributed by atoms with Crippen molar-refractivity contribution in [1.29, 1.82) is 0 Å². The first-order chi connectivity index (χ1) is 7.66. The Kier molecular flexibility index (Phi) is 2.68. The van der Waals surface area contributed by atoms with Crippen molar-refractivity contribution in [2.75, 3.05) is 0 Å². The minimum atomic E-state index is -0.957. The van der Waals surface area contributed by atoms with Gasteiger partial charge in [-0.15, -0.1) is 0 Å². The van der Waals surface area contributed by atoms with E-state index in [0.29, 0.717) is 13.0 Å². The molecule has 0 saturated heterocycles. The van der Waals surface area contributed by atoms with E-state index in [4.69, 9.17) is 5.11 Å². The lowest BCUT2D eigenvalue weighted by Gasteiger charge is -2.11. The first kappa shape index (κ1) is 10.4. The van der Waals surface area contributed by atoms with Crippen LogP contribution in [0.2, 0.25) is 0 Å². The minimum Gasteiger partial charge on any atom is -0.478 e. The van der Waals surface area contributed by atoms with Gasteiger partial charge >= 0.3 is 5.97 Å². The third kappa shape index (κ3) is 2.08. The highest BCUT2D eigenvalue weighted by atomic mass is 16.4. The monoisotopic (exact) mass is 218 g/mol. The summed E-state index contributed by atoms with van der Waals surface area (Å²) >= 11 is 0. The number of carbonyl (C=O) groups is 2. The quantitative estimate of drug-likeness (QED) is 0.825. The topological polar surface area (TPSA) is 70.0 Å². The molecule has 5 nitrogen and oxygen atoms in total. The molecular weight excluding hydrogens is 208 g/mol. The number of benzene rings is 1. The zero-order valence-corrected chi connectivity index (χ0v) is 8.46. The van der Waals surface area contributed by atoms with E-state index >= 15 is 0 Å². The van der Waals surface area contributed by atoms with E-state index in [0.717, 1.165) is 5.56 Å². The van der Waals surface area contributed by atoms with Crippen LogP contribution in [-0.4, -0.2) is 28.2 Å². The lowest BCUT2D eigenvalue weighted by molar-refractivity contribution is -0.129. The first-order valence-electron chi connectivity index (χ1n) is 4.82. The number of aromatic carboxylic acids is 1. The molecule has 2 rings (SSSR count). The van der Waals surface area contributed by atoms with Gasteiger partial charge in [0.1, 0.15) is 0 Å². The fourth-order valence-electron chi connectivity index (χ4n) is 1.44. The average Bonchev–Trinajstić information content (AvgIpc) is 2.65. The van der Waals surface area contributed by atoms with Crippen LogP contribution in [0.5, 0.6) is 0 Å². The fraction of sp³-hybridized carbons (Fsp3) is 0.182. The van der Waals surface area contributed by atoms with Gasteiger partial charge in [0, 0.05) is 6.21 Å². The van der Waals surface area contributed by atoms with Crippen LogP contribution in [0.15, 0.2) is 29.4 Å². The molecule has 16 heavy (non-hydrogen) atoms. The summed E-state index contributed by atoms with van der Waals surface area (Å²) in [6.45, 7) is 0.384. The number of amides is 1. The number of hydrogen-bond donors (Lipinski definition) is 1. The van der Waals surface area contributed by atoms with Gasteiger partial charge in [-0.1, -0.05) is 12.1 Å². The van der Waals surface area contributed by atoms with Crippen LogP contribution >= 0.6 is 0 Å². The van der Waals surface area contributed by atoms with Crippen molar-refractivity contribution in [3.8, 4) is 0 Å². The SMILES string of the molecule is O=C(O)c1ccc(CN2N=CCC2=O)cc1. The number of rotatable bonds is 3. The average molecular weight is 218 g/mol. The highest BCUT2D eigenvalue weighted by Gasteiger charge is 2.16. The summed E-state index contributed by atoms with van der Waals surface area (Å²) in [4.78, 5) is 21.9. The molecule has 1 heterocycles. The minimum absolute atomic E-state index is 0.0395. The van der Waals surface area contributed by atoms with Crippen molar-refractivity contribution >= 4 is 18.1 Å². The zero-order chi connectivity index (χ0) is 11.5. The van der Waals surface area contributed by atoms with E-state index in [9.17, 15) is 9.59 Å². The standard InChI is InChI=1S/C11H10N2O3/c14-10-5-6-12-13(10)7-8-1-3-9(4-2-8)11(15)16/h1-4,6H,5,7H2,(H,15,16). The second-order valence-corrected chi connectivity index (χ2v) is 3.46. The van der Waals surface area contributed by atoms with Crippen LogP contribution in [0.25, 0.3) is 0 Å². The van der Waals surface area contributed by atoms with E-state index in [2.05, 4.69) is 5.10 Å². The molecule has 0 unspecified atom stereocenters. The highest BCUT2D eigenvalue weighted by molar-refractivity contribution is 5.93. The Balaban J connectivity index is 2.08. The number of carbonyl (C=O) groups excluding carboxylic acids is 1. The third-order valence-corrected chi connectivity index (χ3v) is 2.31. The van der Waals surface area contributed by atoms with Crippen molar-refractivity contribution in [3.63, 3.8) is 0 Å². The van der Waals surface area contributed by atoms with E-state index in [1.807, 2.05) is 0 Å². The molecule has 1 aromatic carbocycles. The summed E-state index contributed by atoms with van der Waals surface area (Å²) in [6, 6.07) is 6.40. The molecule has 0 aromatic heterocycles. The van der Waals surface area contributed by atoms with Crippen molar-refractivity contribution < 1.29 is 14.7 Å². The Bertz CT molecular complexity index is 451. The van der Waals surface area contributed by atoms with Gasteiger partial charge in [0.25, 0.3) is 0 Å². The Morgan fingerprint density at radius 3 is 2.56 bits per heavy atom. The maximum absolute atomic E-state index is 11.3. The van der Waals surface area contributed by atoms with Crippen molar-refractivity contribution in [1.82, 2.24) is 5.01 Å². The van der Waals surface area contributed by atoms with Gasteiger partial charge in [-0.3, -0.25) is 4.79 Å². The molecule has 0 saturated carbocycles. The summed E-state index contributed by atoms with van der Waals surface area (Å²) in [5.74, 6) is -0.996. The lowest BCUT2D eigenvalue weighted by Crippen LogP contribution is -2.20. The van der Waals surface area contributed by atoms with Crippen LogP contribution in [0.3, 0.4) is 0 Å². The smallest absolute Gasteiger partial charge is 0.335 e. The van der Waals surface area contributed by atoms with Gasteiger partial charge in [-0.05, 0) is 17.7 Å². The molecule has 1 aliphatic rings. The second kappa shape index (κ2) is 4.14. The predicted molar refractivity (Wildman–Crippen MR) is 57.1 cm³/mol. The van der Waals surface area contributed by atoms with Crippen LogP contribution in [0, 0.1) is 0 Å². The van der Waals surface area contributed by atoms with Crippen molar-refractivity contribution in [2.45, 2.75) is 13.0 Å². The molecule has 1 aromatic rings. The van der Waals surface area contributed by atoms with Crippen LogP contribution < -0.4 is 0 Å². The summed E-state index contributed by atoms with van der Waals surface area (Å²) in [5.41, 5.74) is 1.09. The van der Waals surface area contributed by atoms with Crippen molar-refractivity contribution in [3.05, 3.63) is 35.4 Å². The van der Waals surface area contributed by atoms with E-state index in [-0.39, 0.29) is 11.5 Å². The molecule has 0 spiro atoms. The molecule has 0 aliphatic carbocycles. The summed E-state index contributed by atoms with van der Waals surface area (Å²) in [7, 11) is 0. The van der Waals surface area contributed by atoms with Gasteiger partial charge in [0.05, 0.1) is 18.5 Å². The molecule has 1 amide bonds. The van der Waals surface area contributed by atoms with Crippen LogP contribution in [0.4, 0.5) is 0 Å². The molecule has 82 valence electrons. The molecule has 1 N–H and O–H groups in total. The van der Waals surface area contributed by atoms with Gasteiger partial charge in [0.15, 0.2) is 0 Å². The molecule has 0 radical (unpaired) electrons. The summed E-state index contributed by atoms with van der Waals surface area (Å²) < 4.78 is 0. The maximum Gasteiger partial charge on any atom is 0.335 e. The number of carboxylic acids is 1. The maximum atomic E-state index is 11.3. The van der Waals surface area contributed by atoms with Gasteiger partial charge < -0.3 is 5.11 Å². The summed E-state index contributed by atoms with van der Waals surface area (Å²) in [5, 5.41) is 14.0.